The number of carboxylic acids is 1. The normalized spacial score (nSPS) is 20.7. The highest BCUT2D eigenvalue weighted by Gasteiger charge is 2.34. The van der Waals surface area contributed by atoms with Crippen molar-refractivity contribution in [2.75, 3.05) is 6.54 Å². The smallest absolute Gasteiger partial charge is 0.326 e. The van der Waals surface area contributed by atoms with Crippen molar-refractivity contribution in [3.05, 3.63) is 35.4 Å². The van der Waals surface area contributed by atoms with Gasteiger partial charge in [-0.15, -0.1) is 0 Å². The third-order valence-corrected chi connectivity index (χ3v) is 4.11. The Morgan fingerprint density at radius 3 is 2.27 bits per heavy atom. The lowest BCUT2D eigenvalue weighted by atomic mass is 10.1. The molecule has 6 heteroatoms. The molecule has 1 heterocycles. The summed E-state index contributed by atoms with van der Waals surface area (Å²) in [4.78, 5) is 36.8. The number of nitrogens with zero attached hydrogens (tertiary/aromatic N) is 1. The molecule has 2 fully saturated rings. The number of amides is 2. The van der Waals surface area contributed by atoms with Gasteiger partial charge in [0.15, 0.2) is 0 Å². The number of rotatable bonds is 4. The van der Waals surface area contributed by atoms with Crippen LogP contribution in [-0.2, 0) is 4.79 Å². The number of aliphatic carboxylic acids is 1. The fourth-order valence-corrected chi connectivity index (χ4v) is 2.69. The number of nitrogens with one attached hydrogen (secondary N) is 1. The SMILES string of the molecule is O=C(NC1CC1)c1ccc(C(=O)N2CCC[C@H]2C(=O)O)cc1. The quantitative estimate of drug-likeness (QED) is 0.877. The Morgan fingerprint density at radius 2 is 1.68 bits per heavy atom. The van der Waals surface area contributed by atoms with Gasteiger partial charge in [0.25, 0.3) is 11.8 Å². The summed E-state index contributed by atoms with van der Waals surface area (Å²) in [6.45, 7) is 0.458. The van der Waals surface area contributed by atoms with E-state index in [1.54, 1.807) is 24.3 Å². The summed E-state index contributed by atoms with van der Waals surface area (Å²) in [5.74, 6) is -1.39. The minimum absolute atomic E-state index is 0.133. The predicted molar refractivity (Wildman–Crippen MR) is 78.6 cm³/mol. The minimum atomic E-state index is -0.966. The summed E-state index contributed by atoms with van der Waals surface area (Å²) < 4.78 is 0. The summed E-state index contributed by atoms with van der Waals surface area (Å²) in [6.07, 6.45) is 3.23. The average Bonchev–Trinajstić information content (AvgIpc) is 3.18. The Labute approximate surface area is 128 Å². The molecule has 1 saturated carbocycles. The molecule has 1 aromatic carbocycles. The molecule has 6 nitrogen and oxygen atoms in total. The lowest BCUT2D eigenvalue weighted by Crippen LogP contribution is -2.40. The van der Waals surface area contributed by atoms with Crippen LogP contribution in [0.5, 0.6) is 0 Å². The van der Waals surface area contributed by atoms with E-state index in [2.05, 4.69) is 5.32 Å². The first-order chi connectivity index (χ1) is 10.6. The molecule has 2 aliphatic rings. The molecule has 1 aliphatic heterocycles. The summed E-state index contributed by atoms with van der Waals surface area (Å²) in [6, 6.07) is 5.93. The molecule has 0 unspecified atom stereocenters. The third kappa shape index (κ3) is 2.95. The third-order valence-electron chi connectivity index (χ3n) is 4.11. The van der Waals surface area contributed by atoms with Crippen LogP contribution in [0.2, 0.25) is 0 Å². The second-order valence-corrected chi connectivity index (χ2v) is 5.82. The molecular formula is C16H18N2O4. The molecule has 116 valence electrons. The first kappa shape index (κ1) is 14.6. The highest BCUT2D eigenvalue weighted by molar-refractivity contribution is 5.99. The van der Waals surface area contributed by atoms with Crippen molar-refractivity contribution in [2.45, 2.75) is 37.8 Å². The Morgan fingerprint density at radius 1 is 1.05 bits per heavy atom. The molecule has 22 heavy (non-hydrogen) atoms. The Kier molecular flexibility index (Phi) is 3.83. The largest absolute Gasteiger partial charge is 0.480 e. The van der Waals surface area contributed by atoms with E-state index in [9.17, 15) is 14.4 Å². The lowest BCUT2D eigenvalue weighted by molar-refractivity contribution is -0.141. The van der Waals surface area contributed by atoms with Crippen LogP contribution in [0.25, 0.3) is 0 Å². The van der Waals surface area contributed by atoms with Crippen LogP contribution in [-0.4, -0.2) is 46.4 Å². The van der Waals surface area contributed by atoms with Gasteiger partial charge in [-0.05, 0) is 49.9 Å². The van der Waals surface area contributed by atoms with Crippen molar-refractivity contribution in [2.24, 2.45) is 0 Å². The van der Waals surface area contributed by atoms with Crippen LogP contribution in [0.15, 0.2) is 24.3 Å². The second-order valence-electron chi connectivity index (χ2n) is 5.82. The zero-order chi connectivity index (χ0) is 15.7. The van der Waals surface area contributed by atoms with E-state index >= 15 is 0 Å². The molecule has 3 rings (SSSR count). The summed E-state index contributed by atoms with van der Waals surface area (Å²) in [7, 11) is 0. The molecule has 2 amide bonds. The second kappa shape index (κ2) is 5.79. The number of carbonyl (C=O) groups excluding carboxylic acids is 2. The predicted octanol–water partition coefficient (Wildman–Crippen LogP) is 1.27. The molecule has 1 aromatic rings. The van der Waals surface area contributed by atoms with E-state index in [4.69, 9.17) is 5.11 Å². The van der Waals surface area contributed by atoms with Crippen LogP contribution in [0.4, 0.5) is 0 Å². The monoisotopic (exact) mass is 302 g/mol. The van der Waals surface area contributed by atoms with Gasteiger partial charge in [-0.3, -0.25) is 9.59 Å². The molecule has 1 aliphatic carbocycles. The van der Waals surface area contributed by atoms with Gasteiger partial charge in [-0.1, -0.05) is 0 Å². The number of likely N-dealkylation sites (tertiary alicyclic amines) is 1. The topological polar surface area (TPSA) is 86.7 Å². The molecule has 0 spiro atoms. The van der Waals surface area contributed by atoms with Gasteiger partial charge in [-0.25, -0.2) is 4.79 Å². The lowest BCUT2D eigenvalue weighted by Gasteiger charge is -2.21. The van der Waals surface area contributed by atoms with Crippen molar-refractivity contribution in [1.29, 1.82) is 0 Å². The minimum Gasteiger partial charge on any atom is -0.480 e. The maximum Gasteiger partial charge on any atom is 0.326 e. The standard InChI is InChI=1S/C16H18N2O4/c19-14(17-12-7-8-12)10-3-5-11(6-4-10)15(20)18-9-1-2-13(18)16(21)22/h3-6,12-13H,1-2,7-9H2,(H,17,19)(H,21,22)/t13-/m0/s1. The summed E-state index contributed by atoms with van der Waals surface area (Å²) in [5, 5.41) is 12.0. The summed E-state index contributed by atoms with van der Waals surface area (Å²) in [5.41, 5.74) is 0.927. The van der Waals surface area contributed by atoms with Crippen molar-refractivity contribution < 1.29 is 19.5 Å². The van der Waals surface area contributed by atoms with Gasteiger partial charge >= 0.3 is 5.97 Å². The molecule has 1 saturated heterocycles. The highest BCUT2D eigenvalue weighted by Crippen LogP contribution is 2.21. The number of carbonyl (C=O) groups is 3. The molecule has 0 aromatic heterocycles. The van der Waals surface area contributed by atoms with E-state index in [0.29, 0.717) is 30.5 Å². The van der Waals surface area contributed by atoms with E-state index in [0.717, 1.165) is 12.8 Å². The van der Waals surface area contributed by atoms with Crippen molar-refractivity contribution >= 4 is 17.8 Å². The molecule has 1 atom stereocenters. The number of carboxylic acid groups (broad SMARTS) is 1. The van der Waals surface area contributed by atoms with E-state index in [1.807, 2.05) is 0 Å². The zero-order valence-corrected chi connectivity index (χ0v) is 12.1. The van der Waals surface area contributed by atoms with Crippen molar-refractivity contribution in [1.82, 2.24) is 10.2 Å². The highest BCUT2D eigenvalue weighted by atomic mass is 16.4. The van der Waals surface area contributed by atoms with Crippen LogP contribution in [0.3, 0.4) is 0 Å². The first-order valence-corrected chi connectivity index (χ1v) is 7.51. The molecule has 0 radical (unpaired) electrons. The van der Waals surface area contributed by atoms with Gasteiger partial charge in [0.05, 0.1) is 0 Å². The number of benzene rings is 1. The van der Waals surface area contributed by atoms with Crippen LogP contribution in [0, 0.1) is 0 Å². The fourth-order valence-electron chi connectivity index (χ4n) is 2.69. The Balaban J connectivity index is 1.70. The maximum absolute atomic E-state index is 12.4. The molecule has 2 N–H and O–H groups in total. The van der Waals surface area contributed by atoms with E-state index in [-0.39, 0.29) is 17.9 Å². The average molecular weight is 302 g/mol. The Bertz CT molecular complexity index is 607. The van der Waals surface area contributed by atoms with E-state index < -0.39 is 12.0 Å². The summed E-state index contributed by atoms with van der Waals surface area (Å²) >= 11 is 0. The Hall–Kier alpha value is -2.37. The van der Waals surface area contributed by atoms with Crippen molar-refractivity contribution in [3.63, 3.8) is 0 Å². The van der Waals surface area contributed by atoms with Crippen molar-refractivity contribution in [3.8, 4) is 0 Å². The zero-order valence-electron chi connectivity index (χ0n) is 12.1. The molecular weight excluding hydrogens is 284 g/mol. The van der Waals surface area contributed by atoms with Crippen LogP contribution >= 0.6 is 0 Å². The van der Waals surface area contributed by atoms with Crippen LogP contribution < -0.4 is 5.32 Å². The molecule has 0 bridgehead atoms. The van der Waals surface area contributed by atoms with Crippen LogP contribution in [0.1, 0.15) is 46.4 Å². The van der Waals surface area contributed by atoms with Gasteiger partial charge in [-0.2, -0.15) is 0 Å². The number of hydrogen-bond donors (Lipinski definition) is 2. The maximum atomic E-state index is 12.4. The van der Waals surface area contributed by atoms with Gasteiger partial charge in [0, 0.05) is 23.7 Å². The van der Waals surface area contributed by atoms with Gasteiger partial charge in [0.2, 0.25) is 0 Å². The fraction of sp³-hybridized carbons (Fsp3) is 0.438. The van der Waals surface area contributed by atoms with Gasteiger partial charge < -0.3 is 15.3 Å². The van der Waals surface area contributed by atoms with Gasteiger partial charge in [0.1, 0.15) is 6.04 Å². The first-order valence-electron chi connectivity index (χ1n) is 7.51. The van der Waals surface area contributed by atoms with E-state index in [1.165, 1.54) is 4.90 Å². The number of hydrogen-bond acceptors (Lipinski definition) is 3.